The van der Waals surface area contributed by atoms with Crippen LogP contribution in [0.15, 0.2) is 65.6 Å². The number of allylic oxidation sites excluding steroid dienone is 1. The van der Waals surface area contributed by atoms with Crippen molar-refractivity contribution in [3.05, 3.63) is 66.7 Å². The summed E-state index contributed by atoms with van der Waals surface area (Å²) in [7, 11) is 0. The molecule has 0 saturated heterocycles. The topological polar surface area (TPSA) is 13.1 Å². The Morgan fingerprint density at radius 2 is 1.61 bits per heavy atom. The van der Waals surface area contributed by atoms with Crippen molar-refractivity contribution in [1.29, 1.82) is 0 Å². The number of fused-ring (bicyclic) bond motifs is 1. The molecule has 3 rings (SSSR count). The van der Waals surface area contributed by atoms with Crippen LogP contribution in [0.2, 0.25) is 0 Å². The summed E-state index contributed by atoms with van der Waals surface area (Å²) in [6.45, 7) is 6.09. The summed E-state index contributed by atoms with van der Waals surface area (Å²) in [5.41, 5.74) is 4.14. The molecule has 0 spiro atoms. The lowest BCUT2D eigenvalue weighted by molar-refractivity contribution is 0.630. The molecule has 1 aromatic heterocycles. The second kappa shape index (κ2) is 4.19. The number of para-hydroxylation sites is 1. The summed E-state index contributed by atoms with van der Waals surface area (Å²) in [5, 5.41) is 1.13. The molecule has 18 heavy (non-hydrogen) atoms. The van der Waals surface area contributed by atoms with Crippen molar-refractivity contribution in [2.45, 2.75) is 6.92 Å². The van der Waals surface area contributed by atoms with Gasteiger partial charge in [-0.05, 0) is 18.6 Å². The third-order valence-corrected chi connectivity index (χ3v) is 3.06. The normalized spacial score (nSPS) is 10.7. The molecule has 0 unspecified atom stereocenters. The summed E-state index contributed by atoms with van der Waals surface area (Å²) in [6, 6.07) is 18.3. The smallest absolute Gasteiger partial charge is 0.142 e. The maximum Gasteiger partial charge on any atom is 0.142 e. The summed E-state index contributed by atoms with van der Waals surface area (Å²) >= 11 is 0. The van der Waals surface area contributed by atoms with E-state index in [2.05, 4.69) is 24.8 Å². The van der Waals surface area contributed by atoms with E-state index in [0.717, 1.165) is 33.4 Å². The Morgan fingerprint density at radius 3 is 2.33 bits per heavy atom. The van der Waals surface area contributed by atoms with Crippen molar-refractivity contribution in [3.8, 4) is 11.3 Å². The van der Waals surface area contributed by atoms with Crippen molar-refractivity contribution in [3.63, 3.8) is 0 Å². The predicted molar refractivity (Wildman–Crippen MR) is 76.4 cm³/mol. The summed E-state index contributed by atoms with van der Waals surface area (Å²) in [4.78, 5) is 0. The first kappa shape index (κ1) is 10.8. The average Bonchev–Trinajstić information content (AvgIpc) is 2.79. The van der Waals surface area contributed by atoms with Gasteiger partial charge in [0, 0.05) is 16.5 Å². The Hall–Kier alpha value is -2.28. The largest absolute Gasteiger partial charge is 0.455 e. The molecule has 0 N–H and O–H groups in total. The van der Waals surface area contributed by atoms with Crippen LogP contribution in [0.1, 0.15) is 12.5 Å². The van der Waals surface area contributed by atoms with Gasteiger partial charge in [-0.3, -0.25) is 0 Å². The fraction of sp³-hybridized carbons (Fsp3) is 0.0588. The number of benzene rings is 2. The molecular weight excluding hydrogens is 220 g/mol. The van der Waals surface area contributed by atoms with Gasteiger partial charge in [-0.2, -0.15) is 0 Å². The zero-order valence-corrected chi connectivity index (χ0v) is 10.3. The van der Waals surface area contributed by atoms with Crippen LogP contribution in [0.3, 0.4) is 0 Å². The molecular formula is C17H14O. The Kier molecular flexibility index (Phi) is 2.52. The molecule has 0 saturated carbocycles. The van der Waals surface area contributed by atoms with Gasteiger partial charge in [0.05, 0.1) is 0 Å². The van der Waals surface area contributed by atoms with E-state index in [4.69, 9.17) is 4.42 Å². The Bertz CT molecular complexity index is 705. The lowest BCUT2D eigenvalue weighted by Crippen LogP contribution is -1.81. The van der Waals surface area contributed by atoms with Crippen LogP contribution in [0.5, 0.6) is 0 Å². The number of hydrogen-bond acceptors (Lipinski definition) is 1. The number of hydrogen-bond donors (Lipinski definition) is 0. The van der Waals surface area contributed by atoms with E-state index in [1.54, 1.807) is 0 Å². The third-order valence-electron chi connectivity index (χ3n) is 3.06. The zero-order valence-electron chi connectivity index (χ0n) is 10.3. The van der Waals surface area contributed by atoms with Crippen molar-refractivity contribution in [2.24, 2.45) is 0 Å². The Balaban J connectivity index is 2.36. The first-order valence-electron chi connectivity index (χ1n) is 6.00. The molecule has 1 heterocycles. The predicted octanol–water partition coefficient (Wildman–Crippen LogP) is 5.13. The van der Waals surface area contributed by atoms with E-state index in [9.17, 15) is 0 Å². The SMILES string of the molecule is C=C(C)c1c(-c2ccccc2)oc2ccccc12. The monoisotopic (exact) mass is 234 g/mol. The van der Waals surface area contributed by atoms with Crippen molar-refractivity contribution in [2.75, 3.05) is 0 Å². The van der Waals surface area contributed by atoms with Crippen LogP contribution >= 0.6 is 0 Å². The molecule has 1 heteroatoms. The van der Waals surface area contributed by atoms with Gasteiger partial charge in [-0.1, -0.05) is 55.1 Å². The molecule has 2 aromatic carbocycles. The highest BCUT2D eigenvalue weighted by molar-refractivity contribution is 5.97. The molecule has 88 valence electrons. The molecule has 0 radical (unpaired) electrons. The lowest BCUT2D eigenvalue weighted by atomic mass is 10.0. The highest BCUT2D eigenvalue weighted by atomic mass is 16.3. The van der Waals surface area contributed by atoms with Crippen LogP contribution in [-0.2, 0) is 0 Å². The second-order valence-electron chi connectivity index (χ2n) is 4.45. The van der Waals surface area contributed by atoms with Crippen molar-refractivity contribution >= 4 is 16.5 Å². The van der Waals surface area contributed by atoms with Gasteiger partial charge in [-0.25, -0.2) is 0 Å². The summed E-state index contributed by atoms with van der Waals surface area (Å²) in [6.07, 6.45) is 0. The van der Waals surface area contributed by atoms with Crippen molar-refractivity contribution < 1.29 is 4.42 Å². The van der Waals surface area contributed by atoms with E-state index in [1.807, 2.05) is 43.3 Å². The minimum absolute atomic E-state index is 0.907. The van der Waals surface area contributed by atoms with Gasteiger partial charge in [0.1, 0.15) is 11.3 Å². The molecule has 3 aromatic rings. The van der Waals surface area contributed by atoms with Crippen LogP contribution in [0.25, 0.3) is 27.9 Å². The maximum atomic E-state index is 5.99. The first-order valence-corrected chi connectivity index (χ1v) is 6.00. The summed E-state index contributed by atoms with van der Waals surface area (Å²) in [5.74, 6) is 0.907. The van der Waals surface area contributed by atoms with Crippen LogP contribution in [0, 0.1) is 0 Å². The van der Waals surface area contributed by atoms with Crippen LogP contribution in [-0.4, -0.2) is 0 Å². The van der Waals surface area contributed by atoms with E-state index < -0.39 is 0 Å². The van der Waals surface area contributed by atoms with E-state index in [0.29, 0.717) is 0 Å². The molecule has 0 atom stereocenters. The van der Waals surface area contributed by atoms with Crippen molar-refractivity contribution in [1.82, 2.24) is 0 Å². The molecule has 0 aliphatic carbocycles. The maximum absolute atomic E-state index is 5.99. The second-order valence-corrected chi connectivity index (χ2v) is 4.45. The molecule has 0 amide bonds. The van der Waals surface area contributed by atoms with Gasteiger partial charge < -0.3 is 4.42 Å². The number of furan rings is 1. The molecule has 0 fully saturated rings. The quantitative estimate of drug-likeness (QED) is 0.599. The minimum atomic E-state index is 0.907. The van der Waals surface area contributed by atoms with Crippen LogP contribution in [0.4, 0.5) is 0 Å². The Labute approximate surface area is 106 Å². The lowest BCUT2D eigenvalue weighted by Gasteiger charge is -2.02. The molecule has 0 bridgehead atoms. The average molecular weight is 234 g/mol. The van der Waals surface area contributed by atoms with Gasteiger partial charge in [0.2, 0.25) is 0 Å². The Morgan fingerprint density at radius 1 is 0.944 bits per heavy atom. The van der Waals surface area contributed by atoms with Crippen LogP contribution < -0.4 is 0 Å². The highest BCUT2D eigenvalue weighted by Crippen LogP contribution is 2.36. The van der Waals surface area contributed by atoms with E-state index in [-0.39, 0.29) is 0 Å². The van der Waals surface area contributed by atoms with Gasteiger partial charge in [-0.15, -0.1) is 0 Å². The zero-order chi connectivity index (χ0) is 12.5. The fourth-order valence-corrected chi connectivity index (χ4v) is 2.26. The summed E-state index contributed by atoms with van der Waals surface area (Å²) < 4.78 is 5.99. The van der Waals surface area contributed by atoms with E-state index >= 15 is 0 Å². The number of rotatable bonds is 2. The molecule has 0 aliphatic heterocycles. The molecule has 1 nitrogen and oxygen atoms in total. The fourth-order valence-electron chi connectivity index (χ4n) is 2.26. The standard InChI is InChI=1S/C17H14O/c1-12(2)16-14-10-6-7-11-15(14)18-17(16)13-8-4-3-5-9-13/h3-11H,1H2,2H3. The van der Waals surface area contributed by atoms with Gasteiger partial charge >= 0.3 is 0 Å². The van der Waals surface area contributed by atoms with Gasteiger partial charge in [0.15, 0.2) is 0 Å². The minimum Gasteiger partial charge on any atom is -0.455 e. The van der Waals surface area contributed by atoms with E-state index in [1.165, 1.54) is 0 Å². The third kappa shape index (κ3) is 1.65. The van der Waals surface area contributed by atoms with Gasteiger partial charge in [0.25, 0.3) is 0 Å². The molecule has 0 aliphatic rings. The first-order chi connectivity index (χ1) is 8.77. The highest BCUT2D eigenvalue weighted by Gasteiger charge is 2.15.